The lowest BCUT2D eigenvalue weighted by molar-refractivity contribution is 0.0991. The molecule has 0 fully saturated rings. The van der Waals surface area contributed by atoms with Gasteiger partial charge in [-0.25, -0.2) is 4.98 Å². The van der Waals surface area contributed by atoms with Gasteiger partial charge in [-0.2, -0.15) is 5.10 Å². The van der Waals surface area contributed by atoms with E-state index in [1.54, 1.807) is 48.6 Å². The fourth-order valence-electron chi connectivity index (χ4n) is 4.58. The summed E-state index contributed by atoms with van der Waals surface area (Å²) in [5, 5.41) is 9.73. The second-order valence-electron chi connectivity index (χ2n) is 9.39. The number of thiophene rings is 1. The Labute approximate surface area is 238 Å². The van der Waals surface area contributed by atoms with Crippen LogP contribution in [0.15, 0.2) is 96.1 Å². The number of H-pyrrole nitrogens is 2. The van der Waals surface area contributed by atoms with Crippen LogP contribution in [0, 0.1) is 0 Å². The molecular formula is C30H25N7O3S. The van der Waals surface area contributed by atoms with E-state index in [-0.39, 0.29) is 17.4 Å². The third-order valence-electron chi connectivity index (χ3n) is 6.72. The summed E-state index contributed by atoms with van der Waals surface area (Å²) in [7, 11) is 1.72. The lowest BCUT2D eigenvalue weighted by Crippen LogP contribution is -2.26. The minimum atomic E-state index is -0.286. The van der Waals surface area contributed by atoms with Crippen LogP contribution in [0.5, 0.6) is 0 Å². The summed E-state index contributed by atoms with van der Waals surface area (Å²) in [6, 6.07) is 23.3. The number of aromatic amines is 2. The van der Waals surface area contributed by atoms with E-state index < -0.39 is 0 Å². The van der Waals surface area contributed by atoms with Crippen molar-refractivity contribution >= 4 is 45.8 Å². The molecule has 0 aliphatic heterocycles. The molecule has 0 saturated carbocycles. The first-order valence-corrected chi connectivity index (χ1v) is 13.7. The van der Waals surface area contributed by atoms with Gasteiger partial charge in [-0.1, -0.05) is 24.3 Å². The van der Waals surface area contributed by atoms with E-state index in [1.165, 1.54) is 17.4 Å². The molecule has 0 spiro atoms. The Bertz CT molecular complexity index is 1910. The van der Waals surface area contributed by atoms with E-state index >= 15 is 0 Å². The number of anilines is 2. The molecule has 0 aliphatic carbocycles. The van der Waals surface area contributed by atoms with Crippen LogP contribution in [-0.4, -0.2) is 43.6 Å². The van der Waals surface area contributed by atoms with Gasteiger partial charge in [0.15, 0.2) is 0 Å². The Balaban J connectivity index is 1.32. The predicted molar refractivity (Wildman–Crippen MR) is 160 cm³/mol. The van der Waals surface area contributed by atoms with Crippen LogP contribution in [0.25, 0.3) is 21.5 Å². The first-order chi connectivity index (χ1) is 20.0. The van der Waals surface area contributed by atoms with Gasteiger partial charge in [0.05, 0.1) is 22.1 Å². The SMILES string of the molecule is CN(C(=O)c1ccccc1)c1ccc2c(c1)nc(NC(=O)c1ccc(-c3cn[nH]c3)s1)n2CCc1cccc(=O)[nH]1. The summed E-state index contributed by atoms with van der Waals surface area (Å²) in [6.45, 7) is 0.453. The van der Waals surface area contributed by atoms with Crippen molar-refractivity contribution in [1.29, 1.82) is 0 Å². The van der Waals surface area contributed by atoms with E-state index in [9.17, 15) is 14.4 Å². The molecule has 2 amide bonds. The number of aromatic nitrogens is 5. The number of carbonyl (C=O) groups is 2. The van der Waals surface area contributed by atoms with Gasteiger partial charge >= 0.3 is 0 Å². The van der Waals surface area contributed by atoms with Crippen LogP contribution in [-0.2, 0) is 13.0 Å². The molecule has 4 heterocycles. The Morgan fingerprint density at radius 3 is 2.66 bits per heavy atom. The molecular weight excluding hydrogens is 538 g/mol. The average molecular weight is 564 g/mol. The highest BCUT2D eigenvalue weighted by Crippen LogP contribution is 2.29. The largest absolute Gasteiger partial charge is 0.326 e. The van der Waals surface area contributed by atoms with E-state index in [0.717, 1.165) is 21.7 Å². The maximum atomic E-state index is 13.3. The number of rotatable bonds is 8. The van der Waals surface area contributed by atoms with Gasteiger partial charge in [0, 0.05) is 59.7 Å². The first kappa shape index (κ1) is 26.0. The van der Waals surface area contributed by atoms with Crippen LogP contribution in [0.1, 0.15) is 25.7 Å². The molecule has 41 heavy (non-hydrogen) atoms. The van der Waals surface area contributed by atoms with Crippen LogP contribution in [0.4, 0.5) is 11.6 Å². The molecule has 6 rings (SSSR count). The fraction of sp³-hybridized carbons (Fsp3) is 0.100. The number of fused-ring (bicyclic) bond motifs is 1. The zero-order valence-corrected chi connectivity index (χ0v) is 22.8. The van der Waals surface area contributed by atoms with Crippen molar-refractivity contribution in [1.82, 2.24) is 24.7 Å². The highest BCUT2D eigenvalue weighted by Gasteiger charge is 2.19. The van der Waals surface area contributed by atoms with Gasteiger partial charge in [-0.3, -0.25) is 24.8 Å². The van der Waals surface area contributed by atoms with E-state index in [4.69, 9.17) is 4.98 Å². The molecule has 204 valence electrons. The molecule has 0 saturated heterocycles. The third kappa shape index (κ3) is 5.43. The van der Waals surface area contributed by atoms with Crippen LogP contribution >= 0.6 is 11.3 Å². The molecule has 0 unspecified atom stereocenters. The average Bonchev–Trinajstić information content (AvgIpc) is 3.76. The van der Waals surface area contributed by atoms with Crippen molar-refractivity contribution in [3.63, 3.8) is 0 Å². The summed E-state index contributed by atoms with van der Waals surface area (Å²) in [4.78, 5) is 48.8. The van der Waals surface area contributed by atoms with Gasteiger partial charge in [0.1, 0.15) is 0 Å². The molecule has 0 radical (unpaired) electrons. The molecule has 0 bridgehead atoms. The molecule has 2 aromatic carbocycles. The number of benzene rings is 2. The first-order valence-electron chi connectivity index (χ1n) is 12.9. The van der Waals surface area contributed by atoms with Gasteiger partial charge in [-0.15, -0.1) is 11.3 Å². The number of aryl methyl sites for hydroxylation is 2. The van der Waals surface area contributed by atoms with Gasteiger partial charge in [-0.05, 0) is 48.5 Å². The topological polar surface area (TPSA) is 129 Å². The van der Waals surface area contributed by atoms with Crippen LogP contribution in [0.3, 0.4) is 0 Å². The molecule has 3 N–H and O–H groups in total. The van der Waals surface area contributed by atoms with E-state index in [2.05, 4.69) is 20.5 Å². The maximum absolute atomic E-state index is 13.3. The van der Waals surface area contributed by atoms with Crippen molar-refractivity contribution < 1.29 is 9.59 Å². The monoisotopic (exact) mass is 563 g/mol. The molecule has 6 aromatic rings. The Hall–Kier alpha value is -5.29. The summed E-state index contributed by atoms with van der Waals surface area (Å²) in [5.41, 5.74) is 4.16. The van der Waals surface area contributed by atoms with Gasteiger partial charge in [0.2, 0.25) is 11.5 Å². The Morgan fingerprint density at radius 2 is 1.88 bits per heavy atom. The molecule has 11 heteroatoms. The third-order valence-corrected chi connectivity index (χ3v) is 7.85. The Kier molecular flexibility index (Phi) is 7.00. The smallest absolute Gasteiger partial charge is 0.268 e. The highest BCUT2D eigenvalue weighted by molar-refractivity contribution is 7.17. The summed E-state index contributed by atoms with van der Waals surface area (Å²) in [6.07, 6.45) is 4.00. The minimum absolute atomic E-state index is 0.142. The quantitative estimate of drug-likeness (QED) is 0.241. The van der Waals surface area contributed by atoms with E-state index in [1.807, 2.05) is 53.1 Å². The van der Waals surface area contributed by atoms with Crippen molar-refractivity contribution in [2.45, 2.75) is 13.0 Å². The summed E-state index contributed by atoms with van der Waals surface area (Å²) >= 11 is 1.36. The number of nitrogens with zero attached hydrogens (tertiary/aromatic N) is 4. The number of hydrogen-bond donors (Lipinski definition) is 3. The zero-order valence-electron chi connectivity index (χ0n) is 22.0. The standard InChI is InChI=1S/C30H25N7O3S/c1-36(29(40)19-6-3-2-4-7-19)22-10-11-24-23(16-22)34-30(37(24)15-14-21-8-5-9-27(38)33-21)35-28(39)26-13-12-25(41-26)20-17-31-32-18-20/h2-13,16-18H,14-15H2,1H3,(H,31,32)(H,33,38)(H,34,35,39). The van der Waals surface area contributed by atoms with Gasteiger partial charge < -0.3 is 14.5 Å². The second-order valence-corrected chi connectivity index (χ2v) is 10.5. The number of pyridine rings is 1. The number of amides is 2. The van der Waals surface area contributed by atoms with Crippen molar-refractivity contribution in [2.24, 2.45) is 0 Å². The maximum Gasteiger partial charge on any atom is 0.268 e. The highest BCUT2D eigenvalue weighted by atomic mass is 32.1. The minimum Gasteiger partial charge on any atom is -0.326 e. The molecule has 10 nitrogen and oxygen atoms in total. The molecule has 0 atom stereocenters. The van der Waals surface area contributed by atoms with Crippen molar-refractivity contribution in [3.8, 4) is 10.4 Å². The Morgan fingerprint density at radius 1 is 1.02 bits per heavy atom. The predicted octanol–water partition coefficient (Wildman–Crippen LogP) is 4.95. The van der Waals surface area contributed by atoms with Crippen molar-refractivity contribution in [2.75, 3.05) is 17.3 Å². The van der Waals surface area contributed by atoms with Crippen molar-refractivity contribution in [3.05, 3.63) is 118 Å². The zero-order chi connectivity index (χ0) is 28.3. The number of carbonyl (C=O) groups excluding carboxylic acids is 2. The number of imidazole rings is 1. The second kappa shape index (κ2) is 11.1. The molecule has 0 aliphatic rings. The normalized spacial score (nSPS) is 11.0. The van der Waals surface area contributed by atoms with Crippen LogP contribution < -0.4 is 15.8 Å². The lowest BCUT2D eigenvalue weighted by atomic mass is 10.2. The number of nitrogens with one attached hydrogen (secondary N) is 3. The summed E-state index contributed by atoms with van der Waals surface area (Å²) < 4.78 is 1.91. The molecule has 4 aromatic heterocycles. The van der Waals surface area contributed by atoms with E-state index in [0.29, 0.717) is 40.6 Å². The lowest BCUT2D eigenvalue weighted by Gasteiger charge is -2.17. The fourth-order valence-corrected chi connectivity index (χ4v) is 5.46. The number of hydrogen-bond acceptors (Lipinski definition) is 6. The summed E-state index contributed by atoms with van der Waals surface area (Å²) in [5.74, 6) is -0.0567. The van der Waals surface area contributed by atoms with Crippen LogP contribution in [0.2, 0.25) is 0 Å². The van der Waals surface area contributed by atoms with Gasteiger partial charge in [0.25, 0.3) is 11.8 Å².